The van der Waals surface area contributed by atoms with Crippen molar-refractivity contribution in [3.63, 3.8) is 0 Å². The molecule has 0 unspecified atom stereocenters. The molecule has 0 radical (unpaired) electrons. The Morgan fingerprint density at radius 3 is 2.92 bits per heavy atom. The van der Waals surface area contributed by atoms with Gasteiger partial charge in [0.1, 0.15) is 26.9 Å². The summed E-state index contributed by atoms with van der Waals surface area (Å²) < 4.78 is 10.3. The van der Waals surface area contributed by atoms with Gasteiger partial charge in [-0.2, -0.15) is 0 Å². The maximum Gasteiger partial charge on any atom is 0.355 e. The average Bonchev–Trinajstić information content (AvgIpc) is 3.02. The fraction of sp³-hybridized carbons (Fsp3) is 0.571. The van der Waals surface area contributed by atoms with Crippen molar-refractivity contribution in [1.29, 1.82) is 0 Å². The quantitative estimate of drug-likeness (QED) is 0.472. The van der Waals surface area contributed by atoms with Gasteiger partial charge >= 0.3 is 5.97 Å². The van der Waals surface area contributed by atoms with E-state index in [-0.39, 0.29) is 11.3 Å². The van der Waals surface area contributed by atoms with Gasteiger partial charge in [-0.25, -0.2) is 4.79 Å². The Bertz CT molecular complexity index is 684. The Labute approximate surface area is 152 Å². The number of hydrogen-bond donors (Lipinski definition) is 1. The Morgan fingerprint density at radius 1 is 1.54 bits per heavy atom. The van der Waals surface area contributed by atoms with Crippen LogP contribution in [0.2, 0.25) is 0 Å². The molecule has 0 bridgehead atoms. The van der Waals surface area contributed by atoms with Gasteiger partial charge in [-0.1, -0.05) is 4.49 Å². The lowest BCUT2D eigenvalue weighted by molar-refractivity contribution is -0.157. The van der Waals surface area contributed by atoms with Crippen LogP contribution in [0.3, 0.4) is 0 Å². The number of nitrogens with zero attached hydrogens (tertiary/aromatic N) is 3. The number of amides is 1. The minimum Gasteiger partial charge on any atom is -0.455 e. The second-order valence-corrected chi connectivity index (χ2v) is 9.58. The highest BCUT2D eigenvalue weighted by molar-refractivity contribution is 8.01. The summed E-state index contributed by atoms with van der Waals surface area (Å²) in [7, 11) is 0. The topological polar surface area (TPSA) is 98.4 Å². The largest absolute Gasteiger partial charge is 0.455 e. The molecule has 1 amide bonds. The fourth-order valence-corrected chi connectivity index (χ4v) is 5.24. The zero-order valence-electron chi connectivity index (χ0n) is 13.5. The number of nitrogens with two attached hydrogens (primary N) is 1. The molecule has 130 valence electrons. The van der Waals surface area contributed by atoms with Crippen LogP contribution in [0.25, 0.3) is 0 Å². The van der Waals surface area contributed by atoms with Gasteiger partial charge in [-0.05, 0) is 37.9 Å². The standard InChI is InChI=1S/C14H18N4O3S3/c1-14(2,3)21-13(20)10-7(5-22-8-4-16-17-24-8)6-23-12-9(15)11(19)18(10)12/h4,9,12H,5-6,15H2,1-3H3/t9-,12+/m1/s1. The third-order valence-corrected chi connectivity index (χ3v) is 6.69. The van der Waals surface area contributed by atoms with E-state index in [0.717, 1.165) is 9.78 Å². The minimum atomic E-state index is -0.625. The van der Waals surface area contributed by atoms with Crippen molar-refractivity contribution < 1.29 is 14.3 Å². The predicted octanol–water partition coefficient (Wildman–Crippen LogP) is 1.47. The van der Waals surface area contributed by atoms with Gasteiger partial charge in [0.15, 0.2) is 0 Å². The Hall–Kier alpha value is -1.10. The first kappa shape index (κ1) is 17.7. The molecule has 2 aliphatic heterocycles. The zero-order valence-corrected chi connectivity index (χ0v) is 16.0. The van der Waals surface area contributed by atoms with E-state index in [2.05, 4.69) is 9.59 Å². The van der Waals surface area contributed by atoms with Crippen molar-refractivity contribution in [3.05, 3.63) is 17.5 Å². The van der Waals surface area contributed by atoms with Gasteiger partial charge in [-0.3, -0.25) is 9.69 Å². The second kappa shape index (κ2) is 6.66. The maximum absolute atomic E-state index is 12.7. The first-order valence-corrected chi connectivity index (χ1v) is 10.1. The van der Waals surface area contributed by atoms with Gasteiger partial charge in [0.05, 0.1) is 6.20 Å². The number of carbonyl (C=O) groups is 2. The van der Waals surface area contributed by atoms with Crippen LogP contribution in [0.5, 0.6) is 0 Å². The lowest BCUT2D eigenvalue weighted by atomic mass is 10.0. The molecule has 24 heavy (non-hydrogen) atoms. The molecule has 0 aliphatic carbocycles. The highest BCUT2D eigenvalue weighted by Gasteiger charge is 2.52. The normalized spacial score (nSPS) is 23.8. The van der Waals surface area contributed by atoms with E-state index in [0.29, 0.717) is 17.2 Å². The van der Waals surface area contributed by atoms with Crippen molar-refractivity contribution in [1.82, 2.24) is 14.5 Å². The summed E-state index contributed by atoms with van der Waals surface area (Å²) in [6, 6.07) is -0.549. The van der Waals surface area contributed by atoms with E-state index in [9.17, 15) is 9.59 Å². The van der Waals surface area contributed by atoms with E-state index < -0.39 is 17.6 Å². The third-order valence-electron chi connectivity index (χ3n) is 3.41. The second-order valence-electron chi connectivity index (χ2n) is 6.41. The summed E-state index contributed by atoms with van der Waals surface area (Å²) in [6.07, 6.45) is 1.69. The van der Waals surface area contributed by atoms with E-state index in [1.807, 2.05) is 20.8 Å². The Morgan fingerprint density at radius 2 is 2.29 bits per heavy atom. The number of hydrogen-bond acceptors (Lipinski definition) is 9. The van der Waals surface area contributed by atoms with Crippen molar-refractivity contribution in [3.8, 4) is 0 Å². The molecule has 2 aliphatic rings. The number of ether oxygens (including phenoxy) is 1. The van der Waals surface area contributed by atoms with Crippen LogP contribution in [-0.2, 0) is 14.3 Å². The summed E-state index contributed by atoms with van der Waals surface area (Å²) >= 11 is 4.43. The molecule has 3 rings (SSSR count). The molecule has 7 nitrogen and oxygen atoms in total. The lowest BCUT2D eigenvalue weighted by Gasteiger charge is -2.48. The number of β-lactam (4-membered cyclic amide) rings is 1. The molecule has 0 saturated carbocycles. The number of aromatic nitrogens is 2. The highest BCUT2D eigenvalue weighted by Crippen LogP contribution is 2.41. The minimum absolute atomic E-state index is 0.182. The Kier molecular flexibility index (Phi) is 4.92. The van der Waals surface area contributed by atoms with Gasteiger partial charge in [-0.15, -0.1) is 28.6 Å². The van der Waals surface area contributed by atoms with E-state index in [4.69, 9.17) is 10.5 Å². The van der Waals surface area contributed by atoms with Crippen molar-refractivity contribution >= 4 is 46.9 Å². The smallest absolute Gasteiger partial charge is 0.355 e. The number of thioether (sulfide) groups is 2. The SMILES string of the molecule is CC(C)(C)OC(=O)C1=C(CSc2cnns2)CS[C@H]2[C@H](N)C(=O)N12. The summed E-state index contributed by atoms with van der Waals surface area (Å²) in [5.41, 5.74) is 6.46. The lowest BCUT2D eigenvalue weighted by Crippen LogP contribution is -2.68. The summed E-state index contributed by atoms with van der Waals surface area (Å²) in [5.74, 6) is 0.536. The summed E-state index contributed by atoms with van der Waals surface area (Å²) in [4.78, 5) is 26.3. The molecule has 2 atom stereocenters. The number of esters is 1. The molecule has 1 aromatic rings. The molecule has 2 N–H and O–H groups in total. The van der Waals surface area contributed by atoms with E-state index in [1.165, 1.54) is 16.4 Å². The summed E-state index contributed by atoms with van der Waals surface area (Å²) in [6.45, 7) is 5.42. The maximum atomic E-state index is 12.7. The van der Waals surface area contributed by atoms with Crippen LogP contribution in [0.15, 0.2) is 21.7 Å². The van der Waals surface area contributed by atoms with Crippen molar-refractivity contribution in [2.24, 2.45) is 5.73 Å². The van der Waals surface area contributed by atoms with Crippen molar-refractivity contribution in [2.45, 2.75) is 42.0 Å². The first-order valence-electron chi connectivity index (χ1n) is 7.34. The predicted molar refractivity (Wildman–Crippen MR) is 94.6 cm³/mol. The van der Waals surface area contributed by atoms with Crippen LogP contribution in [0.1, 0.15) is 20.8 Å². The number of fused-ring (bicyclic) bond motifs is 1. The average molecular weight is 387 g/mol. The van der Waals surface area contributed by atoms with Crippen LogP contribution in [0, 0.1) is 0 Å². The van der Waals surface area contributed by atoms with Gasteiger partial charge < -0.3 is 10.5 Å². The van der Waals surface area contributed by atoms with Crippen LogP contribution in [0.4, 0.5) is 0 Å². The van der Waals surface area contributed by atoms with Gasteiger partial charge in [0.2, 0.25) is 5.91 Å². The van der Waals surface area contributed by atoms with Gasteiger partial charge in [0, 0.05) is 11.5 Å². The highest BCUT2D eigenvalue weighted by atomic mass is 32.2. The molecule has 1 fully saturated rings. The first-order chi connectivity index (χ1) is 11.3. The number of rotatable bonds is 4. The van der Waals surface area contributed by atoms with Crippen LogP contribution in [-0.4, -0.2) is 54.9 Å². The van der Waals surface area contributed by atoms with Gasteiger partial charge in [0.25, 0.3) is 0 Å². The third kappa shape index (κ3) is 3.46. The molecule has 3 heterocycles. The zero-order chi connectivity index (χ0) is 17.5. The fourth-order valence-electron chi connectivity index (χ4n) is 2.39. The number of carbonyl (C=O) groups excluding carboxylic acids is 2. The molecule has 10 heteroatoms. The molecular formula is C14H18N4O3S3. The van der Waals surface area contributed by atoms with E-state index >= 15 is 0 Å². The molecular weight excluding hydrogens is 368 g/mol. The summed E-state index contributed by atoms with van der Waals surface area (Å²) in [5, 5.41) is 3.62. The Balaban J connectivity index is 1.86. The molecule has 1 aromatic heterocycles. The van der Waals surface area contributed by atoms with Crippen LogP contribution >= 0.6 is 35.1 Å². The van der Waals surface area contributed by atoms with Crippen molar-refractivity contribution in [2.75, 3.05) is 11.5 Å². The van der Waals surface area contributed by atoms with Crippen LogP contribution < -0.4 is 5.73 Å². The molecule has 1 saturated heterocycles. The monoisotopic (exact) mass is 386 g/mol. The van der Waals surface area contributed by atoms with E-state index in [1.54, 1.807) is 29.7 Å². The molecule has 0 spiro atoms. The molecule has 0 aromatic carbocycles.